The standard InChI is InChI=1S/C32H45N7O2.C19H37N3.2C2H6.CH2O2.CH2O/c1-38-14-16-39(17-15-38)26-8-12-30-31(22-26)37-32(36-30)25-7-11-29(28(34)21-25)35-23-24-5-9-27(10-6-24)41-19-4-2-3-18-40-20-13-33;1-8-11-20(9-2)12-13-21(10-3)14-15-22(16-18(4)5)17-19(6)7;2*1-2;2-1-3;1-2/h5-6,8-12,21-22,25,35H,2-4,7,13-20,23,33-34H2,1H3,(H,36,37);8H,1,4,6,9-17H2,2-3,5,7H3;2*1-2H3;1H,(H,2,3);1H2. The maximum atomic E-state index is 8.36. The van der Waals surface area contributed by atoms with Crippen LogP contribution in [0, 0.1) is 0 Å². The second-order valence-electron chi connectivity index (χ2n) is 17.3. The SMILES string of the molecule is C=CCN(CC)CCN(CC)CCN(CC(=C)C)CC(=C)C.C=O.CC.CC.CN1CCN(c2ccc3nc(C4C=C(N)C(NCc5ccc(OCCCCCOCCN)cc5)=CC4)[nH]c3c2)CC1.O=CO. The van der Waals surface area contributed by atoms with Crippen LogP contribution in [0.2, 0.25) is 0 Å². The molecule has 2 heterocycles. The van der Waals surface area contributed by atoms with Gasteiger partial charge in [-0.1, -0.05) is 90.1 Å². The number of benzene rings is 2. The van der Waals surface area contributed by atoms with Crippen LogP contribution in [0.4, 0.5) is 5.69 Å². The largest absolute Gasteiger partial charge is 0.494 e. The summed E-state index contributed by atoms with van der Waals surface area (Å²) in [6, 6.07) is 14.8. The molecule has 15 nitrogen and oxygen atoms in total. The van der Waals surface area contributed by atoms with Crippen molar-refractivity contribution in [2.24, 2.45) is 11.5 Å². The second-order valence-corrected chi connectivity index (χ2v) is 17.3. The number of aromatic nitrogens is 2. The zero-order chi connectivity index (χ0) is 54.1. The number of nitrogens with zero attached hydrogens (tertiary/aromatic N) is 6. The van der Waals surface area contributed by atoms with E-state index >= 15 is 0 Å². The van der Waals surface area contributed by atoms with Crippen LogP contribution in [-0.4, -0.2) is 166 Å². The van der Waals surface area contributed by atoms with Crippen molar-refractivity contribution >= 4 is 30.0 Å². The van der Waals surface area contributed by atoms with Gasteiger partial charge in [0.25, 0.3) is 6.47 Å². The average molecular weight is 1000 g/mol. The second kappa shape index (κ2) is 42.2. The van der Waals surface area contributed by atoms with E-state index in [1.165, 1.54) is 22.4 Å². The number of carboxylic acid groups (broad SMARTS) is 1. The number of aromatic amines is 1. The van der Waals surface area contributed by atoms with Crippen molar-refractivity contribution in [3.05, 3.63) is 114 Å². The van der Waals surface area contributed by atoms with Gasteiger partial charge in [-0.05, 0) is 102 Å². The number of nitrogens with two attached hydrogens (primary N) is 2. The predicted molar refractivity (Wildman–Crippen MR) is 305 cm³/mol. The Kier molecular flexibility index (Phi) is 39.1. The molecule has 1 unspecified atom stereocenters. The first-order chi connectivity index (χ1) is 34.9. The van der Waals surface area contributed by atoms with Crippen LogP contribution < -0.4 is 26.4 Å². The molecule has 5 rings (SSSR count). The summed E-state index contributed by atoms with van der Waals surface area (Å²) in [4.78, 5) is 37.0. The van der Waals surface area contributed by atoms with E-state index < -0.39 is 0 Å². The number of ether oxygens (including phenoxy) is 2. The lowest BCUT2D eigenvalue weighted by Crippen LogP contribution is -2.44. The topological polar surface area (TPSA) is 182 Å². The minimum atomic E-state index is -0.250. The number of anilines is 1. The molecule has 0 saturated carbocycles. The fourth-order valence-electron chi connectivity index (χ4n) is 7.85. The number of piperazine rings is 1. The molecule has 2 aliphatic rings. The Morgan fingerprint density at radius 1 is 0.875 bits per heavy atom. The van der Waals surface area contributed by atoms with Crippen LogP contribution in [0.5, 0.6) is 5.75 Å². The number of allylic oxidation sites excluding steroid dienone is 2. The van der Waals surface area contributed by atoms with E-state index in [2.05, 4.69) is 132 Å². The molecule has 406 valence electrons. The van der Waals surface area contributed by atoms with Crippen molar-refractivity contribution in [3.8, 4) is 5.75 Å². The van der Waals surface area contributed by atoms with E-state index in [1.54, 1.807) is 0 Å². The molecule has 1 saturated heterocycles. The Bertz CT molecular complexity index is 1930. The van der Waals surface area contributed by atoms with Gasteiger partial charge in [0.05, 0.1) is 35.6 Å². The number of hydrogen-bond donors (Lipinski definition) is 5. The van der Waals surface area contributed by atoms with E-state index in [-0.39, 0.29) is 12.4 Å². The number of nitrogens with one attached hydrogen (secondary N) is 2. The van der Waals surface area contributed by atoms with E-state index in [0.717, 1.165) is 151 Å². The van der Waals surface area contributed by atoms with Gasteiger partial charge in [0.15, 0.2) is 0 Å². The van der Waals surface area contributed by atoms with Gasteiger partial charge in [-0.2, -0.15) is 0 Å². The van der Waals surface area contributed by atoms with Gasteiger partial charge >= 0.3 is 0 Å². The van der Waals surface area contributed by atoms with Crippen molar-refractivity contribution < 1.29 is 24.2 Å². The molecule has 1 fully saturated rings. The maximum Gasteiger partial charge on any atom is 0.290 e. The molecule has 1 aliphatic carbocycles. The number of carbonyl (C=O) groups is 2. The molecule has 3 aromatic rings. The minimum absolute atomic E-state index is 0.134. The minimum Gasteiger partial charge on any atom is -0.494 e. The summed E-state index contributed by atoms with van der Waals surface area (Å²) in [6.45, 7) is 47.5. The number of unbranched alkanes of at least 4 members (excludes halogenated alkanes) is 2. The zero-order valence-corrected chi connectivity index (χ0v) is 46.2. The Morgan fingerprint density at radius 2 is 1.46 bits per heavy atom. The Balaban J connectivity index is 0.00000138. The van der Waals surface area contributed by atoms with Gasteiger partial charge < -0.3 is 55.8 Å². The number of hydrogen-bond acceptors (Lipinski definition) is 13. The summed E-state index contributed by atoms with van der Waals surface area (Å²) in [5.41, 5.74) is 20.6. The third kappa shape index (κ3) is 28.1. The Hall–Kier alpha value is -5.29. The van der Waals surface area contributed by atoms with Gasteiger partial charge in [0.1, 0.15) is 18.4 Å². The summed E-state index contributed by atoms with van der Waals surface area (Å²) in [7, 11) is 2.18. The summed E-state index contributed by atoms with van der Waals surface area (Å²) >= 11 is 0. The van der Waals surface area contributed by atoms with Crippen molar-refractivity contribution in [1.29, 1.82) is 0 Å². The molecule has 0 radical (unpaired) electrons. The first kappa shape index (κ1) is 66.7. The molecule has 1 atom stereocenters. The lowest BCUT2D eigenvalue weighted by atomic mass is 9.96. The first-order valence-electron chi connectivity index (χ1n) is 26.2. The average Bonchev–Trinajstić information content (AvgIpc) is 3.83. The number of fused-ring (bicyclic) bond motifs is 1. The summed E-state index contributed by atoms with van der Waals surface area (Å²) in [6.07, 6.45) is 10.3. The van der Waals surface area contributed by atoms with Gasteiger partial charge in [-0.3, -0.25) is 14.6 Å². The summed E-state index contributed by atoms with van der Waals surface area (Å²) < 4.78 is 11.3. The van der Waals surface area contributed by atoms with Crippen LogP contribution in [0.25, 0.3) is 11.0 Å². The van der Waals surface area contributed by atoms with Crippen molar-refractivity contribution in [2.45, 2.75) is 93.5 Å². The number of likely N-dealkylation sites (N-methyl/N-ethyl adjacent to an activating group) is 3. The highest BCUT2D eigenvalue weighted by Gasteiger charge is 2.20. The Morgan fingerprint density at radius 3 is 2.01 bits per heavy atom. The quantitative estimate of drug-likeness (QED) is 0.0265. The number of carbonyl (C=O) groups excluding carboxylic acids is 1. The van der Waals surface area contributed by atoms with Crippen LogP contribution in [0.15, 0.2) is 103 Å². The van der Waals surface area contributed by atoms with E-state index in [1.807, 2.05) is 52.7 Å². The van der Waals surface area contributed by atoms with Gasteiger partial charge in [-0.25, -0.2) is 4.98 Å². The number of rotatable bonds is 28. The molecule has 0 spiro atoms. The molecule has 1 aromatic heterocycles. The zero-order valence-electron chi connectivity index (χ0n) is 46.2. The van der Waals surface area contributed by atoms with Crippen molar-refractivity contribution in [3.63, 3.8) is 0 Å². The van der Waals surface area contributed by atoms with Gasteiger partial charge in [-0.15, -0.1) is 6.58 Å². The van der Waals surface area contributed by atoms with E-state index in [9.17, 15) is 0 Å². The number of H-pyrrole nitrogens is 1. The van der Waals surface area contributed by atoms with Crippen LogP contribution in [0.3, 0.4) is 0 Å². The molecular formula is C57H98N10O5. The molecule has 2 aromatic carbocycles. The third-order valence-electron chi connectivity index (χ3n) is 11.6. The smallest absolute Gasteiger partial charge is 0.290 e. The highest BCUT2D eigenvalue weighted by molar-refractivity contribution is 5.80. The number of imidazole rings is 1. The van der Waals surface area contributed by atoms with Gasteiger partial charge in [0, 0.05) is 103 Å². The maximum absolute atomic E-state index is 8.36. The first-order valence-corrected chi connectivity index (χ1v) is 26.2. The normalized spacial score (nSPS) is 14.1. The van der Waals surface area contributed by atoms with E-state index in [4.69, 9.17) is 40.6 Å². The molecule has 0 amide bonds. The van der Waals surface area contributed by atoms with Crippen LogP contribution in [0.1, 0.15) is 98.4 Å². The fourth-order valence-corrected chi connectivity index (χ4v) is 7.85. The third-order valence-corrected chi connectivity index (χ3v) is 11.6. The Labute approximate surface area is 436 Å². The predicted octanol–water partition coefficient (Wildman–Crippen LogP) is 8.68. The monoisotopic (exact) mass is 1000 g/mol. The molecule has 1 aliphatic heterocycles. The molecule has 72 heavy (non-hydrogen) atoms. The van der Waals surface area contributed by atoms with Gasteiger partial charge in [0.2, 0.25) is 0 Å². The van der Waals surface area contributed by atoms with Crippen LogP contribution >= 0.6 is 0 Å². The van der Waals surface area contributed by atoms with Crippen molar-refractivity contribution in [1.82, 2.24) is 34.9 Å². The molecule has 0 bridgehead atoms. The highest BCUT2D eigenvalue weighted by Crippen LogP contribution is 2.30. The summed E-state index contributed by atoms with van der Waals surface area (Å²) in [5.74, 6) is 1.99. The van der Waals surface area contributed by atoms with Crippen LogP contribution in [-0.2, 0) is 20.9 Å². The lowest BCUT2D eigenvalue weighted by Gasteiger charge is -2.34. The van der Waals surface area contributed by atoms with E-state index in [0.29, 0.717) is 26.3 Å². The van der Waals surface area contributed by atoms with Crippen molar-refractivity contribution in [2.75, 3.05) is 123 Å². The molecule has 7 N–H and O–H groups in total. The molecule has 15 heteroatoms. The fraction of sp³-hybridized carbons (Fsp3) is 0.561. The molecular weight excluding hydrogens is 905 g/mol. The lowest BCUT2D eigenvalue weighted by molar-refractivity contribution is -0.122. The summed E-state index contributed by atoms with van der Waals surface area (Å²) in [5, 5.41) is 10.4. The highest BCUT2D eigenvalue weighted by atomic mass is 16.5.